The lowest BCUT2D eigenvalue weighted by Gasteiger charge is -2.23. The molecule has 0 aliphatic carbocycles. The topological polar surface area (TPSA) is 44.9 Å². The Morgan fingerprint density at radius 3 is 3.17 bits per heavy atom. The summed E-state index contributed by atoms with van der Waals surface area (Å²) in [6.07, 6.45) is 1.65. The van der Waals surface area contributed by atoms with Gasteiger partial charge in [0.1, 0.15) is 6.07 Å². The highest BCUT2D eigenvalue weighted by atomic mass is 15.3. The fraction of sp³-hybridized carbons (Fsp3) is 0.500. The number of hydrogen-bond acceptors (Lipinski definition) is 3. The predicted molar refractivity (Wildman–Crippen MR) is 43.3 cm³/mol. The van der Waals surface area contributed by atoms with Crippen LogP contribution in [-0.4, -0.2) is 28.3 Å². The molecule has 1 aromatic rings. The van der Waals surface area contributed by atoms with E-state index < -0.39 is 0 Å². The maximum atomic E-state index is 8.75. The van der Waals surface area contributed by atoms with Gasteiger partial charge in [0.25, 0.3) is 0 Å². The summed E-state index contributed by atoms with van der Waals surface area (Å²) in [5.41, 5.74) is 1.76. The molecular formula is C8H10N4. The standard InChI is InChI=1S/C8H10N4/c1-11-2-3-12-8(6-11)7(4-9)5-10-12/h5H,2-3,6H2,1H3. The first-order valence-electron chi connectivity index (χ1n) is 3.94. The molecule has 0 aromatic carbocycles. The van der Waals surface area contributed by atoms with Crippen LogP contribution in [0.25, 0.3) is 0 Å². The van der Waals surface area contributed by atoms with Crippen LogP contribution in [0.5, 0.6) is 0 Å². The van der Waals surface area contributed by atoms with E-state index in [0.717, 1.165) is 25.3 Å². The van der Waals surface area contributed by atoms with Crippen LogP contribution in [0.2, 0.25) is 0 Å². The zero-order valence-electron chi connectivity index (χ0n) is 6.99. The molecule has 1 aromatic heterocycles. The normalized spacial score (nSPS) is 17.0. The number of likely N-dealkylation sites (N-methyl/N-ethyl adjacent to an activating group) is 1. The molecule has 0 fully saturated rings. The van der Waals surface area contributed by atoms with E-state index >= 15 is 0 Å². The lowest BCUT2D eigenvalue weighted by Crippen LogP contribution is -2.30. The van der Waals surface area contributed by atoms with Gasteiger partial charge in [-0.15, -0.1) is 0 Å². The van der Waals surface area contributed by atoms with Gasteiger partial charge in [-0.1, -0.05) is 0 Å². The van der Waals surface area contributed by atoms with Crippen molar-refractivity contribution < 1.29 is 0 Å². The minimum atomic E-state index is 0.710. The average molecular weight is 162 g/mol. The Morgan fingerprint density at radius 2 is 2.42 bits per heavy atom. The first kappa shape index (κ1) is 7.32. The molecule has 0 atom stereocenters. The second-order valence-corrected chi connectivity index (χ2v) is 3.08. The molecule has 0 saturated heterocycles. The third kappa shape index (κ3) is 0.990. The SMILES string of the molecule is CN1CCn2ncc(C#N)c2C1. The van der Waals surface area contributed by atoms with E-state index in [1.54, 1.807) is 6.20 Å². The molecule has 0 unspecified atom stereocenters. The van der Waals surface area contributed by atoms with Crippen molar-refractivity contribution in [3.05, 3.63) is 17.5 Å². The molecule has 0 radical (unpaired) electrons. The van der Waals surface area contributed by atoms with E-state index in [-0.39, 0.29) is 0 Å². The smallest absolute Gasteiger partial charge is 0.103 e. The third-order valence-electron chi connectivity index (χ3n) is 2.18. The molecule has 2 rings (SSSR count). The number of nitrogens with zero attached hydrogens (tertiary/aromatic N) is 4. The summed E-state index contributed by atoms with van der Waals surface area (Å²) < 4.78 is 1.92. The van der Waals surface area contributed by atoms with Gasteiger partial charge in [0.2, 0.25) is 0 Å². The van der Waals surface area contributed by atoms with E-state index in [1.807, 2.05) is 4.68 Å². The number of aromatic nitrogens is 2. The number of nitriles is 1. The van der Waals surface area contributed by atoms with Gasteiger partial charge in [-0.05, 0) is 7.05 Å². The van der Waals surface area contributed by atoms with Gasteiger partial charge >= 0.3 is 0 Å². The van der Waals surface area contributed by atoms with Crippen LogP contribution >= 0.6 is 0 Å². The Labute approximate surface area is 71.0 Å². The van der Waals surface area contributed by atoms with Crippen LogP contribution in [0, 0.1) is 11.3 Å². The van der Waals surface area contributed by atoms with E-state index in [1.165, 1.54) is 0 Å². The van der Waals surface area contributed by atoms with Gasteiger partial charge in [0.05, 0.1) is 24.0 Å². The monoisotopic (exact) mass is 162 g/mol. The van der Waals surface area contributed by atoms with Crippen molar-refractivity contribution in [1.82, 2.24) is 14.7 Å². The van der Waals surface area contributed by atoms with Gasteiger partial charge in [-0.2, -0.15) is 10.4 Å². The van der Waals surface area contributed by atoms with Gasteiger partial charge in [0.15, 0.2) is 0 Å². The highest BCUT2D eigenvalue weighted by Gasteiger charge is 2.16. The third-order valence-corrected chi connectivity index (χ3v) is 2.18. The maximum Gasteiger partial charge on any atom is 0.103 e. The Hall–Kier alpha value is -1.34. The molecule has 12 heavy (non-hydrogen) atoms. The van der Waals surface area contributed by atoms with Crippen molar-refractivity contribution in [2.75, 3.05) is 13.6 Å². The van der Waals surface area contributed by atoms with E-state index in [2.05, 4.69) is 23.1 Å². The fourth-order valence-corrected chi connectivity index (χ4v) is 1.46. The highest BCUT2D eigenvalue weighted by molar-refractivity contribution is 5.31. The quantitative estimate of drug-likeness (QED) is 0.547. The Kier molecular flexibility index (Phi) is 1.59. The van der Waals surface area contributed by atoms with Gasteiger partial charge in [-0.3, -0.25) is 9.58 Å². The summed E-state index contributed by atoms with van der Waals surface area (Å²) in [5.74, 6) is 0. The summed E-state index contributed by atoms with van der Waals surface area (Å²) in [6, 6.07) is 2.15. The van der Waals surface area contributed by atoms with Crippen molar-refractivity contribution in [2.24, 2.45) is 0 Å². The number of fused-ring (bicyclic) bond motifs is 1. The molecule has 62 valence electrons. The van der Waals surface area contributed by atoms with Crippen LogP contribution in [0.15, 0.2) is 6.20 Å². The summed E-state index contributed by atoms with van der Waals surface area (Å²) in [7, 11) is 2.05. The van der Waals surface area contributed by atoms with Crippen LogP contribution < -0.4 is 0 Å². The lowest BCUT2D eigenvalue weighted by atomic mass is 10.2. The summed E-state index contributed by atoms with van der Waals surface area (Å²) >= 11 is 0. The average Bonchev–Trinajstić information content (AvgIpc) is 2.46. The van der Waals surface area contributed by atoms with Crippen molar-refractivity contribution >= 4 is 0 Å². The first-order chi connectivity index (χ1) is 5.81. The first-order valence-corrected chi connectivity index (χ1v) is 3.94. The van der Waals surface area contributed by atoms with E-state index in [9.17, 15) is 0 Å². The highest BCUT2D eigenvalue weighted by Crippen LogP contribution is 2.13. The summed E-state index contributed by atoms with van der Waals surface area (Å²) in [4.78, 5) is 2.19. The minimum absolute atomic E-state index is 0.710. The minimum Gasteiger partial charge on any atom is -0.299 e. The van der Waals surface area contributed by atoms with Gasteiger partial charge < -0.3 is 0 Å². The molecule has 4 heteroatoms. The van der Waals surface area contributed by atoms with Crippen molar-refractivity contribution in [3.8, 4) is 6.07 Å². The lowest BCUT2D eigenvalue weighted by molar-refractivity contribution is 0.258. The fourth-order valence-electron chi connectivity index (χ4n) is 1.46. The number of rotatable bonds is 0. The molecule has 0 saturated carbocycles. The predicted octanol–water partition coefficient (Wildman–Crippen LogP) is 0.200. The molecule has 0 bridgehead atoms. The van der Waals surface area contributed by atoms with E-state index in [4.69, 9.17) is 5.26 Å². The van der Waals surface area contributed by atoms with E-state index in [0.29, 0.717) is 5.56 Å². The summed E-state index contributed by atoms with van der Waals surface area (Å²) in [6.45, 7) is 2.75. The van der Waals surface area contributed by atoms with Crippen molar-refractivity contribution in [2.45, 2.75) is 13.1 Å². The van der Waals surface area contributed by atoms with Crippen molar-refractivity contribution in [3.63, 3.8) is 0 Å². The van der Waals surface area contributed by atoms with Crippen LogP contribution in [0.4, 0.5) is 0 Å². The Bertz CT molecular complexity index is 333. The van der Waals surface area contributed by atoms with Crippen LogP contribution in [0.3, 0.4) is 0 Å². The molecule has 0 spiro atoms. The zero-order chi connectivity index (χ0) is 8.55. The Morgan fingerprint density at radius 1 is 1.58 bits per heavy atom. The Balaban J connectivity index is 2.42. The molecule has 2 heterocycles. The van der Waals surface area contributed by atoms with Crippen molar-refractivity contribution in [1.29, 1.82) is 5.26 Å². The molecule has 0 amide bonds. The summed E-state index contributed by atoms with van der Waals surface area (Å²) in [5, 5.41) is 12.9. The van der Waals surface area contributed by atoms with Gasteiger partial charge in [0, 0.05) is 13.1 Å². The zero-order valence-corrected chi connectivity index (χ0v) is 6.99. The van der Waals surface area contributed by atoms with Gasteiger partial charge in [-0.25, -0.2) is 0 Å². The second kappa shape index (κ2) is 2.61. The largest absolute Gasteiger partial charge is 0.299 e. The molecular weight excluding hydrogens is 152 g/mol. The number of hydrogen-bond donors (Lipinski definition) is 0. The second-order valence-electron chi connectivity index (χ2n) is 3.08. The molecule has 1 aliphatic rings. The van der Waals surface area contributed by atoms with Crippen LogP contribution in [-0.2, 0) is 13.1 Å². The molecule has 1 aliphatic heterocycles. The maximum absolute atomic E-state index is 8.75. The van der Waals surface area contributed by atoms with Crippen LogP contribution in [0.1, 0.15) is 11.3 Å². The molecule has 0 N–H and O–H groups in total. The molecule has 4 nitrogen and oxygen atoms in total.